The van der Waals surface area contributed by atoms with E-state index in [4.69, 9.17) is 9.72 Å². The molecule has 5 rings (SSSR count). The molecule has 166 valence electrons. The van der Waals surface area contributed by atoms with Crippen molar-refractivity contribution >= 4 is 23.2 Å². The summed E-state index contributed by atoms with van der Waals surface area (Å²) >= 11 is 1.50. The van der Waals surface area contributed by atoms with Crippen LogP contribution in [0.25, 0.3) is 22.0 Å². The van der Waals surface area contributed by atoms with Crippen LogP contribution in [0.1, 0.15) is 18.4 Å². The Balaban J connectivity index is 1.35. The third-order valence-electron chi connectivity index (χ3n) is 6.09. The largest absolute Gasteiger partial charge is 0.381 e. The lowest BCUT2D eigenvalue weighted by molar-refractivity contribution is -0.143. The SMILES string of the molecule is CN1CCC(O)(c2cccc(-c3nc(-c4ccnc(NCC5CCOC5)n4)cs3)c2)C1=O. The first-order valence-corrected chi connectivity index (χ1v) is 11.6. The smallest absolute Gasteiger partial charge is 0.258 e. The monoisotopic (exact) mass is 451 g/mol. The van der Waals surface area contributed by atoms with Gasteiger partial charge in [0.1, 0.15) is 10.7 Å². The lowest BCUT2D eigenvalue weighted by Crippen LogP contribution is -2.36. The van der Waals surface area contributed by atoms with Gasteiger partial charge in [-0.25, -0.2) is 15.0 Å². The van der Waals surface area contributed by atoms with Gasteiger partial charge < -0.3 is 20.1 Å². The molecule has 2 unspecified atom stereocenters. The van der Waals surface area contributed by atoms with Gasteiger partial charge in [0.15, 0.2) is 5.60 Å². The Kier molecular flexibility index (Phi) is 5.62. The highest BCUT2D eigenvalue weighted by Gasteiger charge is 2.45. The topological polar surface area (TPSA) is 100 Å². The van der Waals surface area contributed by atoms with Crippen LogP contribution in [0.2, 0.25) is 0 Å². The summed E-state index contributed by atoms with van der Waals surface area (Å²) < 4.78 is 5.42. The summed E-state index contributed by atoms with van der Waals surface area (Å²) in [5.74, 6) is 0.804. The number of aromatic nitrogens is 3. The number of ether oxygens (including phenoxy) is 1. The molecule has 8 nitrogen and oxygen atoms in total. The third kappa shape index (κ3) is 3.99. The molecule has 0 saturated carbocycles. The number of nitrogens with zero attached hydrogens (tertiary/aromatic N) is 4. The Morgan fingerprint density at radius 3 is 3.00 bits per heavy atom. The highest BCUT2D eigenvalue weighted by Crippen LogP contribution is 2.36. The van der Waals surface area contributed by atoms with Crippen LogP contribution in [0.15, 0.2) is 41.9 Å². The summed E-state index contributed by atoms with van der Waals surface area (Å²) in [6.45, 7) is 2.92. The van der Waals surface area contributed by atoms with Gasteiger partial charge >= 0.3 is 0 Å². The molecule has 9 heteroatoms. The van der Waals surface area contributed by atoms with Gasteiger partial charge in [0.05, 0.1) is 12.3 Å². The lowest BCUT2D eigenvalue weighted by atomic mass is 9.91. The molecule has 32 heavy (non-hydrogen) atoms. The molecule has 0 radical (unpaired) electrons. The number of rotatable bonds is 6. The van der Waals surface area contributed by atoms with Crippen molar-refractivity contribution in [2.45, 2.75) is 18.4 Å². The highest BCUT2D eigenvalue weighted by molar-refractivity contribution is 7.13. The third-order valence-corrected chi connectivity index (χ3v) is 6.98. The number of amides is 1. The summed E-state index contributed by atoms with van der Waals surface area (Å²) in [5, 5.41) is 17.0. The maximum atomic E-state index is 12.5. The summed E-state index contributed by atoms with van der Waals surface area (Å²) in [6.07, 6.45) is 3.17. The Morgan fingerprint density at radius 2 is 2.22 bits per heavy atom. The molecular weight excluding hydrogens is 426 g/mol. The maximum absolute atomic E-state index is 12.5. The molecule has 2 saturated heterocycles. The minimum absolute atomic E-state index is 0.264. The van der Waals surface area contributed by atoms with E-state index in [1.165, 1.54) is 11.3 Å². The Bertz CT molecular complexity index is 1130. The van der Waals surface area contributed by atoms with E-state index < -0.39 is 5.60 Å². The molecular formula is C23H25N5O3S. The van der Waals surface area contributed by atoms with E-state index in [-0.39, 0.29) is 5.91 Å². The normalized spacial score (nSPS) is 23.1. The van der Waals surface area contributed by atoms with Gasteiger partial charge in [-0.05, 0) is 24.1 Å². The van der Waals surface area contributed by atoms with Crippen LogP contribution in [0.5, 0.6) is 0 Å². The van der Waals surface area contributed by atoms with Crippen molar-refractivity contribution in [1.82, 2.24) is 19.9 Å². The van der Waals surface area contributed by atoms with Crippen LogP contribution in [0.4, 0.5) is 5.95 Å². The molecule has 0 spiro atoms. The number of carbonyl (C=O) groups excluding carboxylic acids is 1. The van der Waals surface area contributed by atoms with E-state index in [1.807, 2.05) is 29.6 Å². The lowest BCUT2D eigenvalue weighted by Gasteiger charge is -2.21. The van der Waals surface area contributed by atoms with Crippen molar-refractivity contribution in [2.24, 2.45) is 5.92 Å². The van der Waals surface area contributed by atoms with E-state index >= 15 is 0 Å². The van der Waals surface area contributed by atoms with Gasteiger partial charge in [-0.15, -0.1) is 11.3 Å². The van der Waals surface area contributed by atoms with Gasteiger partial charge in [0, 0.05) is 56.2 Å². The predicted octanol–water partition coefficient (Wildman–Crippen LogP) is 2.77. The van der Waals surface area contributed by atoms with E-state index in [0.29, 0.717) is 30.4 Å². The number of benzene rings is 1. The molecule has 3 aromatic rings. The second kappa shape index (κ2) is 8.57. The predicted molar refractivity (Wildman–Crippen MR) is 122 cm³/mol. The van der Waals surface area contributed by atoms with E-state index in [0.717, 1.165) is 48.1 Å². The van der Waals surface area contributed by atoms with Crippen LogP contribution in [0, 0.1) is 5.92 Å². The van der Waals surface area contributed by atoms with Crippen LogP contribution >= 0.6 is 11.3 Å². The van der Waals surface area contributed by atoms with Gasteiger partial charge in [0.25, 0.3) is 5.91 Å². The van der Waals surface area contributed by atoms with Crippen molar-refractivity contribution in [3.8, 4) is 22.0 Å². The first-order chi connectivity index (χ1) is 15.5. The number of likely N-dealkylation sites (tertiary alicyclic amines) is 1. The van der Waals surface area contributed by atoms with Crippen LogP contribution in [-0.2, 0) is 15.1 Å². The van der Waals surface area contributed by atoms with Crippen molar-refractivity contribution in [3.63, 3.8) is 0 Å². The van der Waals surface area contributed by atoms with Gasteiger partial charge in [0.2, 0.25) is 5.95 Å². The maximum Gasteiger partial charge on any atom is 0.258 e. The van der Waals surface area contributed by atoms with Crippen LogP contribution in [-0.4, -0.2) is 64.2 Å². The minimum atomic E-state index is -1.47. The molecule has 0 aliphatic carbocycles. The second-order valence-electron chi connectivity index (χ2n) is 8.33. The van der Waals surface area contributed by atoms with Crippen LogP contribution in [0.3, 0.4) is 0 Å². The zero-order valence-corrected chi connectivity index (χ0v) is 18.6. The molecule has 2 aliphatic heterocycles. The van der Waals surface area contributed by atoms with Gasteiger partial charge in [-0.3, -0.25) is 4.79 Å². The number of carbonyl (C=O) groups is 1. The molecule has 2 atom stereocenters. The molecule has 2 N–H and O–H groups in total. The first kappa shape index (κ1) is 21.0. The average Bonchev–Trinajstić information content (AvgIpc) is 3.57. The van der Waals surface area contributed by atoms with Gasteiger partial charge in [-0.1, -0.05) is 18.2 Å². The fourth-order valence-electron chi connectivity index (χ4n) is 4.12. The average molecular weight is 452 g/mol. The first-order valence-electron chi connectivity index (χ1n) is 10.7. The van der Waals surface area contributed by atoms with E-state index in [2.05, 4.69) is 15.3 Å². The van der Waals surface area contributed by atoms with Crippen LogP contribution < -0.4 is 5.32 Å². The summed E-state index contributed by atoms with van der Waals surface area (Å²) in [5.41, 5.74) is 1.51. The quantitative estimate of drug-likeness (QED) is 0.594. The number of hydrogen-bond donors (Lipinski definition) is 2. The standard InChI is InChI=1S/C23H25N5O3S/c1-28-9-7-23(30,21(28)29)17-4-2-3-16(11-17)20-26-19(14-32-20)18-5-8-24-22(27-18)25-12-15-6-10-31-13-15/h2-5,8,11,14-15,30H,6-7,9-10,12-13H2,1H3,(H,24,25,27). The van der Waals surface area contributed by atoms with Crippen molar-refractivity contribution in [3.05, 3.63) is 47.5 Å². The molecule has 2 fully saturated rings. The zero-order valence-electron chi connectivity index (χ0n) is 17.8. The molecule has 1 aromatic carbocycles. The fraction of sp³-hybridized carbons (Fsp3) is 0.391. The Morgan fingerprint density at radius 1 is 1.31 bits per heavy atom. The molecule has 0 bridgehead atoms. The summed E-state index contributed by atoms with van der Waals surface area (Å²) in [7, 11) is 1.71. The van der Waals surface area contributed by atoms with E-state index in [9.17, 15) is 9.90 Å². The number of hydrogen-bond acceptors (Lipinski definition) is 8. The molecule has 1 amide bonds. The number of aliphatic hydroxyl groups is 1. The highest BCUT2D eigenvalue weighted by atomic mass is 32.1. The Labute approximate surface area is 190 Å². The summed E-state index contributed by atoms with van der Waals surface area (Å²) in [4.78, 5) is 27.7. The second-order valence-corrected chi connectivity index (χ2v) is 9.19. The summed E-state index contributed by atoms with van der Waals surface area (Å²) in [6, 6.07) is 9.29. The fourth-order valence-corrected chi connectivity index (χ4v) is 4.93. The minimum Gasteiger partial charge on any atom is -0.381 e. The zero-order chi connectivity index (χ0) is 22.1. The molecule has 2 aliphatic rings. The van der Waals surface area contributed by atoms with Crippen molar-refractivity contribution in [1.29, 1.82) is 0 Å². The molecule has 2 aromatic heterocycles. The Hall–Kier alpha value is -2.88. The van der Waals surface area contributed by atoms with Gasteiger partial charge in [-0.2, -0.15) is 0 Å². The van der Waals surface area contributed by atoms with E-state index in [1.54, 1.807) is 24.2 Å². The molecule has 4 heterocycles. The number of likely N-dealkylation sites (N-methyl/N-ethyl adjacent to an activating group) is 1. The van der Waals surface area contributed by atoms with Crippen molar-refractivity contribution < 1.29 is 14.6 Å². The number of thiazole rings is 1. The number of anilines is 1. The number of nitrogens with one attached hydrogen (secondary N) is 1. The van der Waals surface area contributed by atoms with Crippen molar-refractivity contribution in [2.75, 3.05) is 38.7 Å².